The number of aromatic nitrogens is 2. The van der Waals surface area contributed by atoms with E-state index in [-0.39, 0.29) is 5.03 Å². The van der Waals surface area contributed by atoms with Crippen molar-refractivity contribution in [3.63, 3.8) is 0 Å². The number of ether oxygens (including phenoxy) is 1. The Labute approximate surface area is 206 Å². The summed E-state index contributed by atoms with van der Waals surface area (Å²) >= 11 is 13.2. The van der Waals surface area contributed by atoms with E-state index in [0.29, 0.717) is 33.3 Å². The van der Waals surface area contributed by atoms with Gasteiger partial charge in [-0.3, -0.25) is 14.6 Å². The van der Waals surface area contributed by atoms with Crippen molar-refractivity contribution < 1.29 is 14.3 Å². The molecule has 7 nitrogen and oxygen atoms in total. The molecule has 2 amide bonds. The Bertz CT molecular complexity index is 1330. The maximum atomic E-state index is 12.9. The molecular formula is C25H20Cl2N4O3. The summed E-state index contributed by atoms with van der Waals surface area (Å²) in [5, 5.41) is 0.462. The van der Waals surface area contributed by atoms with Crippen molar-refractivity contribution in [3.05, 3.63) is 100 Å². The molecule has 0 saturated heterocycles. The lowest BCUT2D eigenvalue weighted by Gasteiger charge is -2.36. The number of nitrogens with zero attached hydrogens (tertiary/aromatic N) is 2. The fraction of sp³-hybridized carbons (Fsp3) is 0.120. The van der Waals surface area contributed by atoms with E-state index in [9.17, 15) is 9.59 Å². The van der Waals surface area contributed by atoms with Crippen LogP contribution in [0.3, 0.4) is 0 Å². The molecule has 34 heavy (non-hydrogen) atoms. The Balaban J connectivity index is 1.88. The van der Waals surface area contributed by atoms with Crippen molar-refractivity contribution >= 4 is 35.0 Å². The first-order valence-corrected chi connectivity index (χ1v) is 10.9. The molecule has 0 aliphatic heterocycles. The summed E-state index contributed by atoms with van der Waals surface area (Å²) in [6, 6.07) is 13.7. The van der Waals surface area contributed by atoms with Gasteiger partial charge in [0.1, 0.15) is 10.8 Å². The zero-order valence-corrected chi connectivity index (χ0v) is 19.5. The van der Waals surface area contributed by atoms with Crippen LogP contribution >= 0.6 is 23.2 Å². The standard InChI is InChI=1S/C25H20Cl2N4O3/c1-34-21-8-6-16(14-31-21)24(22(28)32)9-10-25(23(29)33,20(27)13-24)15-5-7-18(26)17(12-15)19-4-2-3-11-30-19/h2-14H,1H3,(H2,28,32)(H2,29,33). The van der Waals surface area contributed by atoms with E-state index < -0.39 is 22.6 Å². The lowest BCUT2D eigenvalue weighted by Crippen LogP contribution is -2.47. The summed E-state index contributed by atoms with van der Waals surface area (Å²) in [4.78, 5) is 34.0. The number of primary amides is 2. The second-order valence-corrected chi connectivity index (χ2v) is 8.54. The third kappa shape index (κ3) is 3.73. The van der Waals surface area contributed by atoms with Crippen molar-refractivity contribution in [2.24, 2.45) is 11.5 Å². The first kappa shape index (κ1) is 23.5. The largest absolute Gasteiger partial charge is 0.481 e. The van der Waals surface area contributed by atoms with Gasteiger partial charge in [-0.05, 0) is 41.5 Å². The van der Waals surface area contributed by atoms with Crippen molar-refractivity contribution in [2.75, 3.05) is 7.11 Å². The van der Waals surface area contributed by atoms with Crippen LogP contribution in [0.2, 0.25) is 5.02 Å². The Morgan fingerprint density at radius 1 is 0.941 bits per heavy atom. The third-order valence-electron chi connectivity index (χ3n) is 5.91. The minimum absolute atomic E-state index is 0.0198. The van der Waals surface area contributed by atoms with Gasteiger partial charge in [-0.1, -0.05) is 53.6 Å². The van der Waals surface area contributed by atoms with Crippen molar-refractivity contribution in [3.8, 4) is 17.1 Å². The van der Waals surface area contributed by atoms with Crippen molar-refractivity contribution in [1.82, 2.24) is 9.97 Å². The second kappa shape index (κ2) is 8.93. The number of nitrogens with two attached hydrogens (primary N) is 2. The van der Waals surface area contributed by atoms with Gasteiger partial charge in [0.2, 0.25) is 17.7 Å². The Morgan fingerprint density at radius 2 is 1.71 bits per heavy atom. The minimum atomic E-state index is -1.55. The van der Waals surface area contributed by atoms with Crippen molar-refractivity contribution in [2.45, 2.75) is 10.8 Å². The Morgan fingerprint density at radius 3 is 2.26 bits per heavy atom. The summed E-state index contributed by atoms with van der Waals surface area (Å²) in [7, 11) is 1.48. The summed E-state index contributed by atoms with van der Waals surface area (Å²) in [6.45, 7) is 0. The number of carbonyl (C=O) groups excluding carboxylic acids is 2. The van der Waals surface area contributed by atoms with Crippen molar-refractivity contribution in [1.29, 1.82) is 0 Å². The highest BCUT2D eigenvalue weighted by atomic mass is 35.5. The lowest BCUT2D eigenvalue weighted by atomic mass is 9.68. The molecule has 4 rings (SSSR count). The molecule has 0 bridgehead atoms. The number of pyridine rings is 2. The SMILES string of the molecule is COc1ccc(C2(C(N)=O)C=CC(C(N)=O)(c3ccc(Cl)c(-c4ccccn4)c3)C(Cl)=C2)cn1. The van der Waals surface area contributed by atoms with Crippen LogP contribution in [0.4, 0.5) is 0 Å². The molecule has 0 saturated carbocycles. The average Bonchev–Trinajstić information content (AvgIpc) is 2.84. The molecule has 2 aromatic heterocycles. The van der Waals surface area contributed by atoms with Crippen LogP contribution in [0.25, 0.3) is 11.3 Å². The lowest BCUT2D eigenvalue weighted by molar-refractivity contribution is -0.122. The molecule has 4 N–H and O–H groups in total. The summed E-state index contributed by atoms with van der Waals surface area (Å²) in [6.07, 6.45) is 7.55. The number of hydrogen-bond acceptors (Lipinski definition) is 5. The van der Waals surface area contributed by atoms with Gasteiger partial charge in [0.15, 0.2) is 0 Å². The molecule has 2 atom stereocenters. The number of benzene rings is 1. The molecule has 0 radical (unpaired) electrons. The molecule has 3 aromatic rings. The number of halogens is 2. The third-order valence-corrected chi connectivity index (χ3v) is 6.65. The van der Waals surface area contributed by atoms with Crippen LogP contribution in [-0.4, -0.2) is 28.9 Å². The number of amides is 2. The summed E-state index contributed by atoms with van der Waals surface area (Å²) < 4.78 is 5.09. The molecule has 0 spiro atoms. The predicted octanol–water partition coefficient (Wildman–Crippen LogP) is 3.64. The second-order valence-electron chi connectivity index (χ2n) is 7.73. The van der Waals surface area contributed by atoms with Crippen LogP contribution in [0.1, 0.15) is 11.1 Å². The highest BCUT2D eigenvalue weighted by Gasteiger charge is 2.48. The van der Waals surface area contributed by atoms with Gasteiger partial charge in [0, 0.05) is 34.1 Å². The molecule has 1 aliphatic carbocycles. The predicted molar refractivity (Wildman–Crippen MR) is 130 cm³/mol. The van der Waals surface area contributed by atoms with Gasteiger partial charge in [-0.2, -0.15) is 0 Å². The monoisotopic (exact) mass is 494 g/mol. The molecule has 1 aromatic carbocycles. The van der Waals surface area contributed by atoms with E-state index in [1.165, 1.54) is 31.5 Å². The normalized spacial score (nSPS) is 21.6. The van der Waals surface area contributed by atoms with E-state index in [2.05, 4.69) is 9.97 Å². The van der Waals surface area contributed by atoms with Crippen LogP contribution in [-0.2, 0) is 20.4 Å². The Hall–Kier alpha value is -3.68. The zero-order chi connectivity index (χ0) is 24.5. The van der Waals surface area contributed by atoms with Gasteiger partial charge >= 0.3 is 0 Å². The fourth-order valence-electron chi connectivity index (χ4n) is 3.98. The van der Waals surface area contributed by atoms with Gasteiger partial charge in [0.25, 0.3) is 0 Å². The van der Waals surface area contributed by atoms with E-state index >= 15 is 0 Å². The topological polar surface area (TPSA) is 121 Å². The van der Waals surface area contributed by atoms with Crippen LogP contribution < -0.4 is 16.2 Å². The first-order valence-electron chi connectivity index (χ1n) is 10.2. The van der Waals surface area contributed by atoms with E-state index in [1.807, 2.05) is 6.07 Å². The molecule has 172 valence electrons. The van der Waals surface area contributed by atoms with Crippen LogP contribution in [0.15, 0.2) is 84.2 Å². The quantitative estimate of drug-likeness (QED) is 0.506. The zero-order valence-electron chi connectivity index (χ0n) is 18.0. The van der Waals surface area contributed by atoms with Gasteiger partial charge in [-0.15, -0.1) is 0 Å². The fourth-order valence-corrected chi connectivity index (χ4v) is 4.64. The molecule has 1 aliphatic rings. The van der Waals surface area contributed by atoms with Gasteiger partial charge in [0.05, 0.1) is 12.8 Å². The van der Waals surface area contributed by atoms with Gasteiger partial charge in [-0.25, -0.2) is 4.98 Å². The first-order chi connectivity index (χ1) is 16.2. The maximum absolute atomic E-state index is 12.9. The molecule has 0 fully saturated rings. The summed E-state index contributed by atoms with van der Waals surface area (Å²) in [5.74, 6) is -1.06. The minimum Gasteiger partial charge on any atom is -0.481 e. The van der Waals surface area contributed by atoms with E-state index in [0.717, 1.165) is 0 Å². The Kier molecular flexibility index (Phi) is 6.17. The number of hydrogen-bond donors (Lipinski definition) is 2. The molecule has 2 heterocycles. The van der Waals surface area contributed by atoms with E-state index in [4.69, 9.17) is 39.4 Å². The highest BCUT2D eigenvalue weighted by Crippen LogP contribution is 2.46. The number of carbonyl (C=O) groups is 2. The summed E-state index contributed by atoms with van der Waals surface area (Å²) in [5.41, 5.74) is 10.8. The average molecular weight is 495 g/mol. The number of rotatable bonds is 6. The maximum Gasteiger partial charge on any atom is 0.237 e. The number of methoxy groups -OCH3 is 1. The van der Waals surface area contributed by atoms with Gasteiger partial charge < -0.3 is 16.2 Å². The molecule has 9 heteroatoms. The molecule has 2 unspecified atom stereocenters. The smallest absolute Gasteiger partial charge is 0.237 e. The highest BCUT2D eigenvalue weighted by molar-refractivity contribution is 6.35. The van der Waals surface area contributed by atoms with E-state index in [1.54, 1.807) is 48.7 Å². The van der Waals surface area contributed by atoms with Crippen LogP contribution in [0.5, 0.6) is 5.88 Å². The molecular weight excluding hydrogens is 475 g/mol. The van der Waals surface area contributed by atoms with Crippen LogP contribution in [0, 0.1) is 0 Å².